The number of hydrogen-bond acceptors (Lipinski definition) is 2. The molecule has 1 N–H and O–H groups in total. The minimum Gasteiger partial charge on any atom is -0.314 e. The van der Waals surface area contributed by atoms with Gasteiger partial charge < -0.3 is 10.2 Å². The van der Waals surface area contributed by atoms with Gasteiger partial charge in [0.25, 0.3) is 0 Å². The normalized spacial score (nSPS) is 33.9. The molecule has 2 fully saturated rings. The Labute approximate surface area is 101 Å². The van der Waals surface area contributed by atoms with E-state index in [1.165, 1.54) is 51.7 Å². The number of likely N-dealkylation sites (tertiary alicyclic amines) is 1. The molecule has 0 aromatic heterocycles. The van der Waals surface area contributed by atoms with Crippen LogP contribution >= 0.6 is 0 Å². The monoisotopic (exact) mass is 224 g/mol. The minimum absolute atomic E-state index is 0.679. The lowest BCUT2D eigenvalue weighted by Crippen LogP contribution is -2.49. The van der Waals surface area contributed by atoms with Gasteiger partial charge in [-0.05, 0) is 57.5 Å². The third-order valence-corrected chi connectivity index (χ3v) is 4.39. The van der Waals surface area contributed by atoms with Crippen LogP contribution in [-0.4, -0.2) is 36.6 Å². The van der Waals surface area contributed by atoms with Crippen LogP contribution in [0.25, 0.3) is 0 Å². The minimum atomic E-state index is 0.679. The van der Waals surface area contributed by atoms with Crippen molar-refractivity contribution < 1.29 is 0 Å². The second kappa shape index (κ2) is 5.05. The Kier molecular flexibility index (Phi) is 3.91. The van der Waals surface area contributed by atoms with Gasteiger partial charge in [-0.3, -0.25) is 0 Å². The summed E-state index contributed by atoms with van der Waals surface area (Å²) in [6.45, 7) is 10.9. The van der Waals surface area contributed by atoms with Gasteiger partial charge in [-0.25, -0.2) is 0 Å². The molecule has 0 radical (unpaired) electrons. The predicted octanol–water partition coefficient (Wildman–Crippen LogP) is 2.64. The lowest BCUT2D eigenvalue weighted by Gasteiger charge is -2.39. The molecule has 1 aliphatic carbocycles. The fraction of sp³-hybridized carbons (Fsp3) is 1.00. The second-order valence-electron chi connectivity index (χ2n) is 6.31. The average molecular weight is 224 g/mol. The summed E-state index contributed by atoms with van der Waals surface area (Å²) in [6, 6.07) is 1.55. The molecule has 94 valence electrons. The fourth-order valence-corrected chi connectivity index (χ4v) is 2.85. The van der Waals surface area contributed by atoms with E-state index < -0.39 is 0 Å². The summed E-state index contributed by atoms with van der Waals surface area (Å²) in [6.07, 6.45) is 6.85. The first-order chi connectivity index (χ1) is 7.63. The molecule has 1 saturated carbocycles. The molecule has 1 aliphatic heterocycles. The number of hydrogen-bond donors (Lipinski definition) is 1. The zero-order valence-corrected chi connectivity index (χ0v) is 11.3. The lowest BCUT2D eigenvalue weighted by atomic mass is 9.96. The summed E-state index contributed by atoms with van der Waals surface area (Å²) in [5.41, 5.74) is 0.679. The maximum absolute atomic E-state index is 3.67. The van der Waals surface area contributed by atoms with Crippen LogP contribution in [0.1, 0.15) is 52.9 Å². The van der Waals surface area contributed by atoms with Gasteiger partial charge in [0.15, 0.2) is 0 Å². The van der Waals surface area contributed by atoms with Crippen LogP contribution < -0.4 is 5.32 Å². The van der Waals surface area contributed by atoms with Crippen molar-refractivity contribution in [2.75, 3.05) is 19.6 Å². The maximum atomic E-state index is 3.67. The van der Waals surface area contributed by atoms with E-state index in [1.807, 2.05) is 0 Å². The predicted molar refractivity (Wildman–Crippen MR) is 69.7 cm³/mol. The summed E-state index contributed by atoms with van der Waals surface area (Å²) in [4.78, 5) is 2.72. The SMILES string of the molecule is CCCNC1CCN(CC2(C)CC2)C(C)C1. The molecule has 16 heavy (non-hydrogen) atoms. The number of nitrogens with zero attached hydrogens (tertiary/aromatic N) is 1. The fourth-order valence-electron chi connectivity index (χ4n) is 2.85. The van der Waals surface area contributed by atoms with Gasteiger partial charge in [0.2, 0.25) is 0 Å². The summed E-state index contributed by atoms with van der Waals surface area (Å²) in [7, 11) is 0. The van der Waals surface area contributed by atoms with Gasteiger partial charge in [-0.15, -0.1) is 0 Å². The lowest BCUT2D eigenvalue weighted by molar-refractivity contribution is 0.114. The molecule has 0 aromatic carbocycles. The van der Waals surface area contributed by atoms with Gasteiger partial charge in [-0.1, -0.05) is 13.8 Å². The molecule has 0 spiro atoms. The van der Waals surface area contributed by atoms with E-state index in [-0.39, 0.29) is 0 Å². The first kappa shape index (κ1) is 12.4. The van der Waals surface area contributed by atoms with Crippen LogP contribution in [-0.2, 0) is 0 Å². The van der Waals surface area contributed by atoms with E-state index in [9.17, 15) is 0 Å². The van der Waals surface area contributed by atoms with Crippen LogP contribution in [0.2, 0.25) is 0 Å². The molecular formula is C14H28N2. The van der Waals surface area contributed by atoms with Gasteiger partial charge >= 0.3 is 0 Å². The summed E-state index contributed by atoms with van der Waals surface area (Å²) < 4.78 is 0. The Bertz CT molecular complexity index is 223. The average Bonchev–Trinajstić information content (AvgIpc) is 2.97. The summed E-state index contributed by atoms with van der Waals surface area (Å²) in [5, 5.41) is 3.67. The first-order valence-corrected chi connectivity index (χ1v) is 7.10. The topological polar surface area (TPSA) is 15.3 Å². The van der Waals surface area contributed by atoms with Crippen molar-refractivity contribution in [2.45, 2.75) is 65.0 Å². The van der Waals surface area contributed by atoms with Crippen molar-refractivity contribution in [1.82, 2.24) is 10.2 Å². The van der Waals surface area contributed by atoms with Crippen LogP contribution in [0.4, 0.5) is 0 Å². The quantitative estimate of drug-likeness (QED) is 0.772. The summed E-state index contributed by atoms with van der Waals surface area (Å²) in [5.74, 6) is 0. The molecule has 2 aliphatic rings. The molecule has 1 heterocycles. The Morgan fingerprint density at radius 3 is 2.69 bits per heavy atom. The van der Waals surface area contributed by atoms with E-state index in [2.05, 4.69) is 31.0 Å². The molecule has 0 aromatic rings. The molecule has 2 heteroatoms. The zero-order chi connectivity index (χ0) is 11.6. The third kappa shape index (κ3) is 3.21. The third-order valence-electron chi connectivity index (χ3n) is 4.39. The second-order valence-corrected chi connectivity index (χ2v) is 6.31. The molecule has 2 atom stereocenters. The van der Waals surface area contributed by atoms with E-state index >= 15 is 0 Å². The molecule has 1 saturated heterocycles. The van der Waals surface area contributed by atoms with Crippen molar-refractivity contribution in [3.05, 3.63) is 0 Å². The molecular weight excluding hydrogens is 196 g/mol. The van der Waals surface area contributed by atoms with Crippen molar-refractivity contribution in [3.8, 4) is 0 Å². The molecule has 2 nitrogen and oxygen atoms in total. The number of rotatable bonds is 5. The van der Waals surface area contributed by atoms with E-state index in [4.69, 9.17) is 0 Å². The number of nitrogens with one attached hydrogen (secondary N) is 1. The Morgan fingerprint density at radius 1 is 1.38 bits per heavy atom. The number of piperidine rings is 1. The van der Waals surface area contributed by atoms with Gasteiger partial charge in [-0.2, -0.15) is 0 Å². The highest BCUT2D eigenvalue weighted by atomic mass is 15.2. The molecule has 2 unspecified atom stereocenters. The van der Waals surface area contributed by atoms with Crippen LogP contribution in [0, 0.1) is 5.41 Å². The molecule has 0 bridgehead atoms. The van der Waals surface area contributed by atoms with Crippen LogP contribution in [0.3, 0.4) is 0 Å². The van der Waals surface area contributed by atoms with E-state index in [0.717, 1.165) is 12.1 Å². The van der Waals surface area contributed by atoms with Crippen LogP contribution in [0.5, 0.6) is 0 Å². The standard InChI is InChI=1S/C14H28N2/c1-4-8-15-13-5-9-16(12(2)10-13)11-14(3)6-7-14/h12-13,15H,4-11H2,1-3H3. The van der Waals surface area contributed by atoms with Gasteiger partial charge in [0.05, 0.1) is 0 Å². The first-order valence-electron chi connectivity index (χ1n) is 7.10. The smallest absolute Gasteiger partial charge is 0.00940 e. The Balaban J connectivity index is 1.74. The highest BCUT2D eigenvalue weighted by Gasteiger charge is 2.40. The van der Waals surface area contributed by atoms with Crippen molar-refractivity contribution in [1.29, 1.82) is 0 Å². The summed E-state index contributed by atoms with van der Waals surface area (Å²) >= 11 is 0. The Morgan fingerprint density at radius 2 is 2.12 bits per heavy atom. The highest BCUT2D eigenvalue weighted by molar-refractivity contribution is 4.94. The maximum Gasteiger partial charge on any atom is 0.00940 e. The van der Waals surface area contributed by atoms with Crippen LogP contribution in [0.15, 0.2) is 0 Å². The van der Waals surface area contributed by atoms with Crippen molar-refractivity contribution in [2.24, 2.45) is 5.41 Å². The van der Waals surface area contributed by atoms with Gasteiger partial charge in [0, 0.05) is 18.6 Å². The Hall–Kier alpha value is -0.0800. The zero-order valence-electron chi connectivity index (χ0n) is 11.3. The van der Waals surface area contributed by atoms with Gasteiger partial charge in [0.1, 0.15) is 0 Å². The molecule has 2 rings (SSSR count). The van der Waals surface area contributed by atoms with E-state index in [0.29, 0.717) is 5.41 Å². The van der Waals surface area contributed by atoms with E-state index in [1.54, 1.807) is 0 Å². The largest absolute Gasteiger partial charge is 0.314 e. The molecule has 0 amide bonds. The highest BCUT2D eigenvalue weighted by Crippen LogP contribution is 2.46. The van der Waals surface area contributed by atoms with Crippen molar-refractivity contribution in [3.63, 3.8) is 0 Å². The van der Waals surface area contributed by atoms with Crippen molar-refractivity contribution >= 4 is 0 Å².